The third kappa shape index (κ3) is 3.67. The number of nitrogens with zero attached hydrogens (tertiary/aromatic N) is 3. The monoisotopic (exact) mass is 319 g/mol. The van der Waals surface area contributed by atoms with Crippen LogP contribution in [0.15, 0.2) is 17.8 Å². The summed E-state index contributed by atoms with van der Waals surface area (Å²) < 4.78 is 1.80. The fourth-order valence-corrected chi connectivity index (χ4v) is 4.18. The van der Waals surface area contributed by atoms with Gasteiger partial charge in [-0.3, -0.25) is 0 Å². The molecule has 0 aromatic carbocycles. The van der Waals surface area contributed by atoms with E-state index in [9.17, 15) is 0 Å². The molecule has 3 N–H and O–H groups in total. The van der Waals surface area contributed by atoms with Crippen LogP contribution in [0.25, 0.3) is 11.4 Å². The second-order valence-electron chi connectivity index (χ2n) is 6.22. The van der Waals surface area contributed by atoms with Crippen molar-refractivity contribution >= 4 is 16.3 Å². The van der Waals surface area contributed by atoms with E-state index in [4.69, 9.17) is 5.73 Å². The number of aryl methyl sites for hydroxylation is 1. The van der Waals surface area contributed by atoms with Crippen LogP contribution in [0.2, 0.25) is 0 Å². The summed E-state index contributed by atoms with van der Waals surface area (Å²) in [5.41, 5.74) is 7.09. The number of hydrogen-bond donors (Lipinski definition) is 2. The van der Waals surface area contributed by atoms with Crippen LogP contribution in [0, 0.1) is 5.92 Å². The Morgan fingerprint density at radius 1 is 1.41 bits per heavy atom. The Morgan fingerprint density at radius 3 is 2.91 bits per heavy atom. The standard InChI is InChI=1S/C16H25N5S/c1-21-16(18-11-19-21)13-8-15(22-10-13)20-14(9-17)7-12-5-3-2-4-6-12/h8,10-12,14,20H,2-7,9,17H2,1H3/t14-/m0/s1. The number of thiophene rings is 1. The molecule has 0 radical (unpaired) electrons. The van der Waals surface area contributed by atoms with Crippen molar-refractivity contribution in [3.8, 4) is 11.4 Å². The molecule has 1 fully saturated rings. The van der Waals surface area contributed by atoms with Crippen LogP contribution in [-0.4, -0.2) is 27.4 Å². The normalized spacial score (nSPS) is 17.5. The van der Waals surface area contributed by atoms with Crippen LogP contribution in [0.5, 0.6) is 0 Å². The average molecular weight is 319 g/mol. The molecule has 3 rings (SSSR count). The maximum Gasteiger partial charge on any atom is 0.158 e. The first-order chi connectivity index (χ1) is 10.8. The molecule has 1 saturated carbocycles. The van der Waals surface area contributed by atoms with E-state index in [-0.39, 0.29) is 0 Å². The Hall–Kier alpha value is -1.40. The Bertz CT molecular complexity index is 585. The van der Waals surface area contributed by atoms with Crippen LogP contribution in [0.3, 0.4) is 0 Å². The first-order valence-electron chi connectivity index (χ1n) is 8.15. The van der Waals surface area contributed by atoms with Crippen molar-refractivity contribution in [1.29, 1.82) is 0 Å². The molecule has 1 aliphatic carbocycles. The van der Waals surface area contributed by atoms with Gasteiger partial charge < -0.3 is 11.1 Å². The summed E-state index contributed by atoms with van der Waals surface area (Å²) in [7, 11) is 1.92. The first-order valence-corrected chi connectivity index (χ1v) is 9.03. The molecule has 0 spiro atoms. The van der Waals surface area contributed by atoms with Crippen molar-refractivity contribution < 1.29 is 0 Å². The zero-order chi connectivity index (χ0) is 15.4. The van der Waals surface area contributed by atoms with Gasteiger partial charge in [-0.05, 0) is 18.4 Å². The molecule has 0 unspecified atom stereocenters. The Balaban J connectivity index is 1.61. The van der Waals surface area contributed by atoms with E-state index < -0.39 is 0 Å². The van der Waals surface area contributed by atoms with Crippen molar-refractivity contribution in [2.45, 2.75) is 44.6 Å². The van der Waals surface area contributed by atoms with Gasteiger partial charge in [0.25, 0.3) is 0 Å². The summed E-state index contributed by atoms with van der Waals surface area (Å²) in [6, 6.07) is 2.52. The molecule has 5 nitrogen and oxygen atoms in total. The van der Waals surface area contributed by atoms with Gasteiger partial charge in [-0.15, -0.1) is 11.3 Å². The Kier molecular flexibility index (Phi) is 5.10. The van der Waals surface area contributed by atoms with Gasteiger partial charge in [0.2, 0.25) is 0 Å². The van der Waals surface area contributed by atoms with E-state index in [0.717, 1.165) is 17.3 Å². The molecule has 6 heteroatoms. The second kappa shape index (κ2) is 7.24. The van der Waals surface area contributed by atoms with E-state index in [1.807, 2.05) is 7.05 Å². The van der Waals surface area contributed by atoms with Gasteiger partial charge in [0.1, 0.15) is 6.33 Å². The van der Waals surface area contributed by atoms with Crippen LogP contribution in [0.1, 0.15) is 38.5 Å². The summed E-state index contributed by atoms with van der Waals surface area (Å²) in [6.07, 6.45) is 9.69. The predicted molar refractivity (Wildman–Crippen MR) is 92.0 cm³/mol. The number of hydrogen-bond acceptors (Lipinski definition) is 5. The van der Waals surface area contributed by atoms with Gasteiger partial charge in [0.15, 0.2) is 5.82 Å². The summed E-state index contributed by atoms with van der Waals surface area (Å²) in [6.45, 7) is 0.688. The fraction of sp³-hybridized carbons (Fsp3) is 0.625. The summed E-state index contributed by atoms with van der Waals surface area (Å²) in [4.78, 5) is 4.30. The van der Waals surface area contributed by atoms with Gasteiger partial charge in [-0.2, -0.15) is 5.10 Å². The summed E-state index contributed by atoms with van der Waals surface area (Å²) in [5, 5.41) is 11.0. The fourth-order valence-electron chi connectivity index (χ4n) is 3.33. The highest BCUT2D eigenvalue weighted by Crippen LogP contribution is 2.31. The van der Waals surface area contributed by atoms with Crippen molar-refractivity contribution in [3.05, 3.63) is 17.8 Å². The average Bonchev–Trinajstić information content (AvgIpc) is 3.16. The molecule has 2 aromatic heterocycles. The lowest BCUT2D eigenvalue weighted by Crippen LogP contribution is -2.31. The van der Waals surface area contributed by atoms with Gasteiger partial charge >= 0.3 is 0 Å². The largest absolute Gasteiger partial charge is 0.373 e. The van der Waals surface area contributed by atoms with Gasteiger partial charge in [-0.25, -0.2) is 9.67 Å². The third-order valence-electron chi connectivity index (χ3n) is 4.54. The number of anilines is 1. The molecule has 2 aromatic rings. The van der Waals surface area contributed by atoms with Gasteiger partial charge in [0.05, 0.1) is 5.00 Å². The van der Waals surface area contributed by atoms with E-state index >= 15 is 0 Å². The zero-order valence-corrected chi connectivity index (χ0v) is 14.0. The smallest absolute Gasteiger partial charge is 0.158 e. The highest BCUT2D eigenvalue weighted by Gasteiger charge is 2.19. The van der Waals surface area contributed by atoms with E-state index in [1.54, 1.807) is 22.3 Å². The summed E-state index contributed by atoms with van der Waals surface area (Å²) in [5.74, 6) is 1.74. The molecule has 120 valence electrons. The Morgan fingerprint density at radius 2 is 2.23 bits per heavy atom. The second-order valence-corrected chi connectivity index (χ2v) is 7.13. The molecular formula is C16H25N5S. The molecule has 0 bridgehead atoms. The number of nitrogens with two attached hydrogens (primary N) is 1. The van der Waals surface area contributed by atoms with Gasteiger partial charge in [0, 0.05) is 30.6 Å². The SMILES string of the molecule is Cn1ncnc1-c1csc(N[C@H](CN)CC2CCCCC2)c1. The zero-order valence-electron chi connectivity index (χ0n) is 13.2. The lowest BCUT2D eigenvalue weighted by molar-refractivity contribution is 0.325. The van der Waals surface area contributed by atoms with Gasteiger partial charge in [-0.1, -0.05) is 32.1 Å². The lowest BCUT2D eigenvalue weighted by Gasteiger charge is -2.26. The number of nitrogens with one attached hydrogen (secondary N) is 1. The minimum absolute atomic E-state index is 0.370. The molecule has 0 saturated heterocycles. The van der Waals surface area contributed by atoms with Crippen molar-refractivity contribution in [2.24, 2.45) is 18.7 Å². The molecule has 1 atom stereocenters. The van der Waals surface area contributed by atoms with E-state index in [0.29, 0.717) is 12.6 Å². The van der Waals surface area contributed by atoms with Crippen LogP contribution in [-0.2, 0) is 7.05 Å². The third-order valence-corrected chi connectivity index (χ3v) is 5.40. The topological polar surface area (TPSA) is 68.8 Å². The molecule has 0 amide bonds. The van der Waals surface area contributed by atoms with E-state index in [1.165, 1.54) is 43.5 Å². The minimum Gasteiger partial charge on any atom is -0.373 e. The molecular weight excluding hydrogens is 294 g/mol. The number of rotatable bonds is 6. The van der Waals surface area contributed by atoms with Crippen molar-refractivity contribution in [2.75, 3.05) is 11.9 Å². The Labute approximate surface area is 135 Å². The number of aromatic nitrogens is 3. The van der Waals surface area contributed by atoms with Crippen LogP contribution in [0.4, 0.5) is 5.00 Å². The van der Waals surface area contributed by atoms with Crippen molar-refractivity contribution in [3.63, 3.8) is 0 Å². The summed E-state index contributed by atoms with van der Waals surface area (Å²) >= 11 is 1.71. The predicted octanol–water partition coefficient (Wildman–Crippen LogP) is 3.25. The highest BCUT2D eigenvalue weighted by molar-refractivity contribution is 7.14. The first kappa shape index (κ1) is 15.5. The quantitative estimate of drug-likeness (QED) is 0.857. The molecule has 22 heavy (non-hydrogen) atoms. The minimum atomic E-state index is 0.370. The van der Waals surface area contributed by atoms with Crippen LogP contribution < -0.4 is 11.1 Å². The maximum atomic E-state index is 5.98. The highest BCUT2D eigenvalue weighted by atomic mass is 32.1. The molecule has 2 heterocycles. The maximum absolute atomic E-state index is 5.98. The molecule has 0 aliphatic heterocycles. The van der Waals surface area contributed by atoms with Crippen molar-refractivity contribution in [1.82, 2.24) is 14.8 Å². The lowest BCUT2D eigenvalue weighted by atomic mass is 9.85. The van der Waals surface area contributed by atoms with E-state index in [2.05, 4.69) is 26.8 Å². The van der Waals surface area contributed by atoms with Crippen LogP contribution >= 0.6 is 11.3 Å². The molecule has 1 aliphatic rings.